The predicted octanol–water partition coefficient (Wildman–Crippen LogP) is 7.41. The lowest BCUT2D eigenvalue weighted by Gasteiger charge is -2.50. The van der Waals surface area contributed by atoms with Crippen molar-refractivity contribution in [3.63, 3.8) is 0 Å². The molecule has 0 radical (unpaired) electrons. The van der Waals surface area contributed by atoms with Crippen LogP contribution in [0, 0.1) is 17.8 Å². The molecular formula is C42H52ClN3O6S. The lowest BCUT2D eigenvalue weighted by molar-refractivity contribution is -0.107. The molecule has 9 nitrogen and oxygen atoms in total. The minimum Gasteiger partial charge on any atom is -0.490 e. The molecule has 2 aromatic carbocycles. The molecule has 284 valence electrons. The Morgan fingerprint density at radius 3 is 2.64 bits per heavy atom. The molecular weight excluding hydrogens is 710 g/mol. The number of halogens is 1. The summed E-state index contributed by atoms with van der Waals surface area (Å²) in [7, 11) is 2.00. The van der Waals surface area contributed by atoms with E-state index in [2.05, 4.69) is 50.8 Å². The van der Waals surface area contributed by atoms with Crippen LogP contribution in [0.5, 0.6) is 5.75 Å². The number of hydrogen-bond acceptors (Lipinski definition) is 8. The van der Waals surface area contributed by atoms with Crippen molar-refractivity contribution in [2.45, 2.75) is 74.9 Å². The molecule has 1 saturated carbocycles. The minimum absolute atomic E-state index is 0.0487. The Kier molecular flexibility index (Phi) is 10.7. The largest absolute Gasteiger partial charge is 0.490 e. The third-order valence-corrected chi connectivity index (χ3v) is 14.9. The summed E-state index contributed by atoms with van der Waals surface area (Å²) in [5.74, 6) is 4.68. The van der Waals surface area contributed by atoms with E-state index in [0.29, 0.717) is 25.1 Å². The summed E-state index contributed by atoms with van der Waals surface area (Å²) in [6.07, 6.45) is 13.0. The Morgan fingerprint density at radius 2 is 1.91 bits per heavy atom. The van der Waals surface area contributed by atoms with Crippen LogP contribution in [0.3, 0.4) is 0 Å². The van der Waals surface area contributed by atoms with Crippen LogP contribution in [0.25, 0.3) is 0 Å². The van der Waals surface area contributed by atoms with Crippen molar-refractivity contribution in [1.82, 2.24) is 9.71 Å². The van der Waals surface area contributed by atoms with Crippen molar-refractivity contribution < 1.29 is 28.0 Å². The standard InChI is InChI=1S/C42H52ClN3O6S/c1-27-9-7-18-42(51-5,33-19-32(22-44-23-33)40(49-3)50-4)36-14-11-31(36)24-46-25-41(17-8-10-29-20-34(43)13-15-35(29)41)26-52-38-16-12-30(21-37(38)46)39(47)45-53(6,48)28(27)2/h7,12-13,15-16,18-23,27-28,31,36,40H,6,8-11,14,17,24-26H2,1-5H3,(H,45,47,48)/b18-7+/t27-,28+,31-,36+,41-,42+,53?/m0/s1. The third kappa shape index (κ3) is 7.02. The summed E-state index contributed by atoms with van der Waals surface area (Å²) in [5, 5.41) is 0.346. The highest BCUT2D eigenvalue weighted by atomic mass is 35.5. The summed E-state index contributed by atoms with van der Waals surface area (Å²) in [6.45, 7) is 5.88. The number of aryl methyl sites for hydroxylation is 1. The first kappa shape index (κ1) is 37.9. The topological polar surface area (TPSA) is 99.2 Å². The number of allylic oxidation sites excluding steroid dienone is 1. The van der Waals surface area contributed by atoms with Gasteiger partial charge in [-0.15, -0.1) is 0 Å². The molecule has 3 aromatic rings. The van der Waals surface area contributed by atoms with E-state index in [1.54, 1.807) is 33.6 Å². The molecule has 53 heavy (non-hydrogen) atoms. The molecule has 1 N–H and O–H groups in total. The zero-order valence-electron chi connectivity index (χ0n) is 31.4. The molecule has 1 unspecified atom stereocenters. The Bertz CT molecular complexity index is 1980. The predicted molar refractivity (Wildman–Crippen MR) is 211 cm³/mol. The number of carbonyl (C=O) groups is 1. The SMILES string of the molecule is C=S1(=O)NC(=O)c2ccc3c(c2)N(C[C@@H]2CC[C@H]2[C@](OC)(c2cncc(C(OC)OC)c2)/C=C/C[C@H](C)[C@H]1C)C[C@@]1(CCCc2cc(Cl)ccc21)CO3. The van der Waals surface area contributed by atoms with Gasteiger partial charge in [0.2, 0.25) is 0 Å². The Balaban J connectivity index is 1.37. The van der Waals surface area contributed by atoms with Gasteiger partial charge in [0.25, 0.3) is 5.91 Å². The number of pyridine rings is 1. The maximum atomic E-state index is 14.1. The molecule has 1 fully saturated rings. The highest BCUT2D eigenvalue weighted by Gasteiger charge is 2.50. The summed E-state index contributed by atoms with van der Waals surface area (Å²) in [5.41, 5.74) is 4.47. The lowest BCUT2D eigenvalue weighted by atomic mass is 9.62. The second-order valence-corrected chi connectivity index (χ2v) is 18.4. The van der Waals surface area contributed by atoms with Crippen molar-refractivity contribution in [3.05, 3.63) is 99.9 Å². The first-order valence-corrected chi connectivity index (χ1v) is 20.8. The molecule has 4 aliphatic rings. The molecule has 1 amide bonds. The lowest BCUT2D eigenvalue weighted by Crippen LogP contribution is -2.52. The number of nitrogens with zero attached hydrogens (tertiary/aromatic N) is 2. The number of amides is 1. The molecule has 1 aromatic heterocycles. The molecule has 0 saturated heterocycles. The number of rotatable bonds is 5. The second-order valence-electron chi connectivity index (χ2n) is 15.5. The van der Waals surface area contributed by atoms with Crippen LogP contribution in [0.1, 0.15) is 84.9 Å². The van der Waals surface area contributed by atoms with Crippen molar-refractivity contribution in [2.24, 2.45) is 17.8 Å². The zero-order chi connectivity index (χ0) is 37.5. The Morgan fingerprint density at radius 1 is 1.09 bits per heavy atom. The van der Waals surface area contributed by atoms with Crippen molar-refractivity contribution >= 4 is 38.8 Å². The molecule has 2 aliphatic heterocycles. The van der Waals surface area contributed by atoms with E-state index in [-0.39, 0.29) is 23.2 Å². The highest BCUT2D eigenvalue weighted by Crippen LogP contribution is 2.52. The van der Waals surface area contributed by atoms with Gasteiger partial charge >= 0.3 is 0 Å². The number of nitrogens with one attached hydrogen (secondary N) is 1. The van der Waals surface area contributed by atoms with E-state index in [4.69, 9.17) is 30.5 Å². The highest BCUT2D eigenvalue weighted by molar-refractivity contribution is 7.99. The van der Waals surface area contributed by atoms with Gasteiger partial charge in [-0.2, -0.15) is 0 Å². The maximum Gasteiger partial charge on any atom is 0.262 e. The fourth-order valence-corrected chi connectivity index (χ4v) is 10.8. The van der Waals surface area contributed by atoms with Gasteiger partial charge in [0.05, 0.1) is 22.0 Å². The van der Waals surface area contributed by atoms with Gasteiger partial charge in [-0.25, -0.2) is 4.21 Å². The molecule has 7 rings (SSSR count). The van der Waals surface area contributed by atoms with E-state index >= 15 is 0 Å². The molecule has 1 spiro atoms. The quantitative estimate of drug-likeness (QED) is 0.163. The second kappa shape index (κ2) is 15.0. The van der Waals surface area contributed by atoms with Gasteiger partial charge in [-0.3, -0.25) is 14.5 Å². The van der Waals surface area contributed by atoms with Gasteiger partial charge < -0.3 is 23.8 Å². The van der Waals surface area contributed by atoms with Gasteiger partial charge in [0.1, 0.15) is 11.4 Å². The minimum atomic E-state index is -3.01. The van der Waals surface area contributed by atoms with E-state index in [0.717, 1.165) is 66.2 Å². The van der Waals surface area contributed by atoms with Crippen molar-refractivity contribution in [1.29, 1.82) is 0 Å². The van der Waals surface area contributed by atoms with E-state index in [1.165, 1.54) is 11.1 Å². The summed E-state index contributed by atoms with van der Waals surface area (Å²) < 4.78 is 41.5. The van der Waals surface area contributed by atoms with Gasteiger partial charge in [-0.1, -0.05) is 36.7 Å². The van der Waals surface area contributed by atoms with Crippen LogP contribution in [-0.2, 0) is 41.4 Å². The zero-order valence-corrected chi connectivity index (χ0v) is 33.0. The third-order valence-electron chi connectivity index (χ3n) is 12.5. The summed E-state index contributed by atoms with van der Waals surface area (Å²) >= 11 is 6.51. The van der Waals surface area contributed by atoms with Crippen LogP contribution in [0.15, 0.2) is 67.0 Å². The fraction of sp³-hybridized carbons (Fsp3) is 0.500. The molecule has 3 heterocycles. The van der Waals surface area contributed by atoms with Crippen LogP contribution in [0.4, 0.5) is 5.69 Å². The summed E-state index contributed by atoms with van der Waals surface area (Å²) in [6, 6.07) is 13.9. The number of ether oxygens (including phenoxy) is 4. The monoisotopic (exact) mass is 761 g/mol. The number of benzene rings is 2. The number of carbonyl (C=O) groups excluding carboxylic acids is 1. The van der Waals surface area contributed by atoms with Gasteiger partial charge in [-0.05, 0) is 111 Å². The Labute approximate surface area is 319 Å². The number of methoxy groups -OCH3 is 3. The number of anilines is 1. The maximum absolute atomic E-state index is 14.1. The first-order valence-electron chi connectivity index (χ1n) is 18.7. The van der Waals surface area contributed by atoms with E-state index < -0.39 is 32.8 Å². The van der Waals surface area contributed by atoms with Crippen molar-refractivity contribution in [3.8, 4) is 5.75 Å². The van der Waals surface area contributed by atoms with E-state index in [1.807, 2.05) is 38.2 Å². The smallest absolute Gasteiger partial charge is 0.262 e. The normalized spacial score (nSPS) is 32.1. The van der Waals surface area contributed by atoms with Crippen LogP contribution >= 0.6 is 11.6 Å². The molecule has 11 heteroatoms. The van der Waals surface area contributed by atoms with Crippen molar-refractivity contribution in [2.75, 3.05) is 45.9 Å². The van der Waals surface area contributed by atoms with Crippen LogP contribution in [0.2, 0.25) is 5.02 Å². The average molecular weight is 762 g/mol. The molecule has 2 bridgehead atoms. The van der Waals surface area contributed by atoms with Gasteiger partial charge in [0.15, 0.2) is 6.29 Å². The molecule has 7 atom stereocenters. The Hall–Kier alpha value is -3.41. The average Bonchev–Trinajstić information content (AvgIpc) is 3.29. The number of fused-ring (bicyclic) bond motifs is 4. The number of aromatic nitrogens is 1. The van der Waals surface area contributed by atoms with Crippen LogP contribution < -0.4 is 14.4 Å². The number of hydrogen-bond donors (Lipinski definition) is 1. The summed E-state index contributed by atoms with van der Waals surface area (Å²) in [4.78, 5) is 20.9. The molecule has 2 aliphatic carbocycles. The van der Waals surface area contributed by atoms with E-state index in [9.17, 15) is 9.00 Å². The first-order chi connectivity index (χ1) is 25.4. The van der Waals surface area contributed by atoms with Gasteiger partial charge in [0, 0.05) is 85.1 Å². The van der Waals surface area contributed by atoms with Crippen LogP contribution in [-0.4, -0.2) is 67.2 Å². The fourth-order valence-electron chi connectivity index (χ4n) is 9.16.